The van der Waals surface area contributed by atoms with Crippen LogP contribution >= 0.6 is 0 Å². The molecule has 0 bridgehead atoms. The first kappa shape index (κ1) is 25.8. The fourth-order valence-corrected chi connectivity index (χ4v) is 2.80. The van der Waals surface area contributed by atoms with Crippen LogP contribution in [0, 0.1) is 0 Å². The summed E-state index contributed by atoms with van der Waals surface area (Å²) in [4.78, 5) is 34.9. The molecular weight excluding hydrogens is 464 g/mol. The SMILES string of the molecule is C=CC(=O)OCOc1ccc(-c2ccc(C(=O)Oc3ccc(OCOC(=O)C(=C)C)cc3)cc2)cc1. The lowest BCUT2D eigenvalue weighted by Crippen LogP contribution is -2.10. The van der Waals surface area contributed by atoms with E-state index in [0.29, 0.717) is 22.8 Å². The number of esters is 3. The van der Waals surface area contributed by atoms with Gasteiger partial charge < -0.3 is 23.7 Å². The molecule has 0 aliphatic carbocycles. The molecule has 0 heterocycles. The number of rotatable bonds is 11. The molecule has 36 heavy (non-hydrogen) atoms. The Labute approximate surface area is 208 Å². The average Bonchev–Trinajstić information content (AvgIpc) is 2.90. The minimum atomic E-state index is -0.560. The molecule has 0 saturated heterocycles. The van der Waals surface area contributed by atoms with Crippen molar-refractivity contribution in [3.05, 3.63) is 103 Å². The van der Waals surface area contributed by atoms with Crippen LogP contribution in [-0.2, 0) is 19.1 Å². The van der Waals surface area contributed by atoms with Gasteiger partial charge in [-0.25, -0.2) is 14.4 Å². The zero-order chi connectivity index (χ0) is 25.9. The van der Waals surface area contributed by atoms with E-state index in [1.165, 1.54) is 0 Å². The normalized spacial score (nSPS) is 10.0. The minimum Gasteiger partial charge on any atom is -0.457 e. The van der Waals surface area contributed by atoms with E-state index in [1.807, 2.05) is 24.3 Å². The van der Waals surface area contributed by atoms with Gasteiger partial charge in [-0.15, -0.1) is 0 Å². The van der Waals surface area contributed by atoms with Crippen molar-refractivity contribution in [2.45, 2.75) is 6.92 Å². The molecule has 0 aliphatic heterocycles. The van der Waals surface area contributed by atoms with Crippen molar-refractivity contribution in [2.75, 3.05) is 13.6 Å². The minimum absolute atomic E-state index is 0.207. The topological polar surface area (TPSA) is 97.4 Å². The summed E-state index contributed by atoms with van der Waals surface area (Å²) in [6.07, 6.45) is 1.06. The molecule has 3 rings (SSSR count). The highest BCUT2D eigenvalue weighted by Crippen LogP contribution is 2.24. The molecule has 3 aromatic carbocycles. The summed E-state index contributed by atoms with van der Waals surface area (Å²) in [5.41, 5.74) is 2.47. The third kappa shape index (κ3) is 7.59. The van der Waals surface area contributed by atoms with Gasteiger partial charge in [-0.1, -0.05) is 37.4 Å². The molecule has 0 atom stereocenters. The number of hydrogen-bond donors (Lipinski definition) is 0. The summed E-state index contributed by atoms with van der Waals surface area (Å²) in [5, 5.41) is 0. The van der Waals surface area contributed by atoms with Crippen LogP contribution in [0.2, 0.25) is 0 Å². The highest BCUT2D eigenvalue weighted by atomic mass is 16.7. The quantitative estimate of drug-likeness (QED) is 0.159. The van der Waals surface area contributed by atoms with Gasteiger partial charge in [-0.3, -0.25) is 0 Å². The van der Waals surface area contributed by atoms with Crippen molar-refractivity contribution in [2.24, 2.45) is 0 Å². The Kier molecular flexibility index (Phi) is 9.00. The van der Waals surface area contributed by atoms with Crippen LogP contribution < -0.4 is 14.2 Å². The van der Waals surface area contributed by atoms with E-state index in [2.05, 4.69) is 13.2 Å². The molecule has 0 aliphatic rings. The Bertz CT molecular complexity index is 1230. The van der Waals surface area contributed by atoms with E-state index in [-0.39, 0.29) is 19.2 Å². The summed E-state index contributed by atoms with van der Waals surface area (Å²) in [6, 6.07) is 20.5. The molecule has 0 aromatic heterocycles. The van der Waals surface area contributed by atoms with Crippen molar-refractivity contribution < 1.29 is 38.1 Å². The van der Waals surface area contributed by atoms with Crippen LogP contribution in [0.25, 0.3) is 11.1 Å². The molecular formula is C28H24O8. The van der Waals surface area contributed by atoms with E-state index in [4.69, 9.17) is 23.7 Å². The van der Waals surface area contributed by atoms with Gasteiger partial charge in [0, 0.05) is 11.6 Å². The van der Waals surface area contributed by atoms with Crippen molar-refractivity contribution in [1.29, 1.82) is 0 Å². The van der Waals surface area contributed by atoms with E-state index in [9.17, 15) is 14.4 Å². The largest absolute Gasteiger partial charge is 0.457 e. The Morgan fingerprint density at radius 2 is 1.19 bits per heavy atom. The van der Waals surface area contributed by atoms with Crippen molar-refractivity contribution in [1.82, 2.24) is 0 Å². The standard InChI is InChI=1S/C28H24O8/c1-4-26(29)34-17-32-23-11-9-21(10-12-23)20-5-7-22(8-6-20)28(31)36-25-15-13-24(14-16-25)33-18-35-27(30)19(2)3/h4-16H,1-2,17-18H2,3H3. The number of carbonyl (C=O) groups excluding carboxylic acids is 3. The first-order valence-electron chi connectivity index (χ1n) is 10.8. The Hall–Kier alpha value is -4.85. The van der Waals surface area contributed by atoms with Crippen molar-refractivity contribution >= 4 is 17.9 Å². The van der Waals surface area contributed by atoms with Gasteiger partial charge in [0.15, 0.2) is 0 Å². The molecule has 0 fully saturated rings. The van der Waals surface area contributed by atoms with Gasteiger partial charge in [-0.2, -0.15) is 0 Å². The van der Waals surface area contributed by atoms with Gasteiger partial charge in [0.05, 0.1) is 5.56 Å². The highest BCUT2D eigenvalue weighted by molar-refractivity contribution is 5.91. The van der Waals surface area contributed by atoms with Gasteiger partial charge in [0.1, 0.15) is 17.2 Å². The van der Waals surface area contributed by atoms with E-state index in [1.54, 1.807) is 55.5 Å². The molecule has 0 saturated carbocycles. The van der Waals surface area contributed by atoms with Gasteiger partial charge in [0.2, 0.25) is 13.6 Å². The molecule has 0 N–H and O–H groups in total. The molecule has 0 unspecified atom stereocenters. The second-order valence-corrected chi connectivity index (χ2v) is 7.37. The molecule has 0 spiro atoms. The van der Waals surface area contributed by atoms with Gasteiger partial charge in [0.25, 0.3) is 0 Å². The van der Waals surface area contributed by atoms with E-state index in [0.717, 1.165) is 17.2 Å². The monoisotopic (exact) mass is 488 g/mol. The lowest BCUT2D eigenvalue weighted by molar-refractivity contribution is -0.145. The second kappa shape index (κ2) is 12.6. The maximum absolute atomic E-state index is 12.5. The Morgan fingerprint density at radius 3 is 1.72 bits per heavy atom. The van der Waals surface area contributed by atoms with E-state index >= 15 is 0 Å². The van der Waals surface area contributed by atoms with Crippen molar-refractivity contribution in [3.63, 3.8) is 0 Å². The predicted octanol–water partition coefficient (Wildman–Crippen LogP) is 5.09. The summed E-state index contributed by atoms with van der Waals surface area (Å²) >= 11 is 0. The van der Waals surface area contributed by atoms with Gasteiger partial charge in [-0.05, 0) is 66.6 Å². The highest BCUT2D eigenvalue weighted by Gasteiger charge is 2.10. The third-order valence-electron chi connectivity index (χ3n) is 4.70. The fourth-order valence-electron chi connectivity index (χ4n) is 2.80. The summed E-state index contributed by atoms with van der Waals surface area (Å²) in [7, 11) is 0. The summed E-state index contributed by atoms with van der Waals surface area (Å²) < 4.78 is 25.7. The number of benzene rings is 3. The molecule has 3 aromatic rings. The predicted molar refractivity (Wildman–Crippen MR) is 131 cm³/mol. The summed E-state index contributed by atoms with van der Waals surface area (Å²) in [6.45, 7) is 7.88. The van der Waals surface area contributed by atoms with Crippen LogP contribution in [0.1, 0.15) is 17.3 Å². The molecule has 0 amide bonds. The van der Waals surface area contributed by atoms with Crippen LogP contribution in [0.3, 0.4) is 0 Å². The fraction of sp³-hybridized carbons (Fsp3) is 0.107. The first-order chi connectivity index (χ1) is 17.4. The molecule has 184 valence electrons. The smallest absolute Gasteiger partial charge is 0.343 e. The van der Waals surface area contributed by atoms with Crippen LogP contribution in [0.5, 0.6) is 17.2 Å². The zero-order valence-electron chi connectivity index (χ0n) is 19.6. The third-order valence-corrected chi connectivity index (χ3v) is 4.70. The number of hydrogen-bond acceptors (Lipinski definition) is 8. The maximum atomic E-state index is 12.5. The summed E-state index contributed by atoms with van der Waals surface area (Å²) in [5.74, 6) is -0.285. The lowest BCUT2D eigenvalue weighted by Gasteiger charge is -2.09. The Balaban J connectivity index is 1.51. The van der Waals surface area contributed by atoms with Gasteiger partial charge >= 0.3 is 17.9 Å². The molecule has 8 nitrogen and oxygen atoms in total. The zero-order valence-corrected chi connectivity index (χ0v) is 19.6. The maximum Gasteiger partial charge on any atom is 0.343 e. The second-order valence-electron chi connectivity index (χ2n) is 7.37. The van der Waals surface area contributed by atoms with Crippen molar-refractivity contribution in [3.8, 4) is 28.4 Å². The Morgan fingerprint density at radius 1 is 0.722 bits per heavy atom. The molecule has 0 radical (unpaired) electrons. The number of ether oxygens (including phenoxy) is 5. The van der Waals surface area contributed by atoms with Crippen LogP contribution in [0.4, 0.5) is 0 Å². The van der Waals surface area contributed by atoms with Crippen LogP contribution in [0.15, 0.2) is 97.6 Å². The van der Waals surface area contributed by atoms with Crippen LogP contribution in [-0.4, -0.2) is 31.5 Å². The average molecular weight is 488 g/mol. The first-order valence-corrected chi connectivity index (χ1v) is 10.8. The molecule has 8 heteroatoms. The lowest BCUT2D eigenvalue weighted by atomic mass is 10.0. The van der Waals surface area contributed by atoms with E-state index < -0.39 is 17.9 Å². The number of carbonyl (C=O) groups is 3.